The molecule has 0 atom stereocenters. The van der Waals surface area contributed by atoms with Gasteiger partial charge in [0.25, 0.3) is 5.91 Å². The Morgan fingerprint density at radius 2 is 1.78 bits per heavy atom. The minimum absolute atomic E-state index is 0.175. The fraction of sp³-hybridized carbons (Fsp3) is 0.100. The third-order valence-corrected chi connectivity index (χ3v) is 6.46. The van der Waals surface area contributed by atoms with E-state index in [9.17, 15) is 9.59 Å². The van der Waals surface area contributed by atoms with Crippen LogP contribution in [0.2, 0.25) is 0 Å². The Labute approximate surface area is 163 Å². The van der Waals surface area contributed by atoms with Gasteiger partial charge in [0, 0.05) is 27.4 Å². The van der Waals surface area contributed by atoms with E-state index in [0.29, 0.717) is 22.0 Å². The van der Waals surface area contributed by atoms with E-state index in [1.807, 2.05) is 18.2 Å². The summed E-state index contributed by atoms with van der Waals surface area (Å²) in [7, 11) is 1.53. The summed E-state index contributed by atoms with van der Waals surface area (Å²) in [6, 6.07) is 15.3. The highest BCUT2D eigenvalue weighted by molar-refractivity contribution is 7.33. The number of anilines is 2. The van der Waals surface area contributed by atoms with Gasteiger partial charge < -0.3 is 15.4 Å². The molecular formula is C20H16N2O3S2. The molecule has 2 amide bonds. The fourth-order valence-corrected chi connectivity index (χ4v) is 5.30. The Hall–Kier alpha value is -2.90. The Bertz CT molecular complexity index is 1180. The summed E-state index contributed by atoms with van der Waals surface area (Å²) < 4.78 is 8.71. The van der Waals surface area contributed by atoms with E-state index in [0.717, 1.165) is 9.40 Å². The van der Waals surface area contributed by atoms with E-state index in [-0.39, 0.29) is 11.8 Å². The zero-order valence-corrected chi connectivity index (χ0v) is 16.3. The molecule has 2 N–H and O–H groups in total. The fourth-order valence-electron chi connectivity index (χ4n) is 2.88. The van der Waals surface area contributed by atoms with Gasteiger partial charge in [-0.15, -0.1) is 22.7 Å². The number of ether oxygens (including phenoxy) is 1. The van der Waals surface area contributed by atoms with E-state index in [1.54, 1.807) is 29.5 Å². The Morgan fingerprint density at radius 3 is 2.56 bits per heavy atom. The second kappa shape index (κ2) is 7.02. The van der Waals surface area contributed by atoms with Crippen molar-refractivity contribution in [1.82, 2.24) is 0 Å². The molecule has 0 saturated carbocycles. The largest absolute Gasteiger partial charge is 0.495 e. The molecule has 2 aromatic carbocycles. The quantitative estimate of drug-likeness (QED) is 0.490. The van der Waals surface area contributed by atoms with Gasteiger partial charge in [0.15, 0.2) is 0 Å². The summed E-state index contributed by atoms with van der Waals surface area (Å²) >= 11 is 3.17. The summed E-state index contributed by atoms with van der Waals surface area (Å²) in [5.41, 5.74) is 1.10. The maximum Gasteiger partial charge on any atom is 0.265 e. The summed E-state index contributed by atoms with van der Waals surface area (Å²) in [4.78, 5) is 24.7. The third-order valence-electron chi connectivity index (χ3n) is 4.04. The van der Waals surface area contributed by atoms with E-state index in [1.165, 1.54) is 35.5 Å². The van der Waals surface area contributed by atoms with Crippen LogP contribution in [0, 0.1) is 0 Å². The van der Waals surface area contributed by atoms with E-state index < -0.39 is 0 Å². The van der Waals surface area contributed by atoms with Crippen molar-refractivity contribution in [2.45, 2.75) is 6.92 Å². The number of benzene rings is 2. The number of rotatable bonds is 4. The average molecular weight is 396 g/mol. The molecule has 4 aromatic rings. The maximum atomic E-state index is 12.7. The van der Waals surface area contributed by atoms with Crippen LogP contribution in [-0.4, -0.2) is 18.9 Å². The maximum absolute atomic E-state index is 12.7. The van der Waals surface area contributed by atoms with Gasteiger partial charge in [0.1, 0.15) is 5.75 Å². The second-order valence-corrected chi connectivity index (χ2v) is 8.09. The van der Waals surface area contributed by atoms with E-state index in [4.69, 9.17) is 4.74 Å². The topological polar surface area (TPSA) is 67.4 Å². The van der Waals surface area contributed by atoms with Gasteiger partial charge in [-0.3, -0.25) is 9.59 Å². The highest BCUT2D eigenvalue weighted by atomic mass is 32.1. The van der Waals surface area contributed by atoms with Gasteiger partial charge in [-0.25, -0.2) is 0 Å². The molecule has 0 spiro atoms. The minimum atomic E-state index is -0.206. The van der Waals surface area contributed by atoms with Crippen LogP contribution in [0.5, 0.6) is 5.75 Å². The lowest BCUT2D eigenvalue weighted by Gasteiger charge is -2.11. The van der Waals surface area contributed by atoms with Crippen molar-refractivity contribution in [2.75, 3.05) is 17.7 Å². The van der Waals surface area contributed by atoms with Crippen molar-refractivity contribution < 1.29 is 14.3 Å². The highest BCUT2D eigenvalue weighted by Crippen LogP contribution is 2.39. The monoisotopic (exact) mass is 396 g/mol. The van der Waals surface area contributed by atoms with Crippen LogP contribution in [0.3, 0.4) is 0 Å². The van der Waals surface area contributed by atoms with Gasteiger partial charge in [-0.2, -0.15) is 0 Å². The molecule has 0 aliphatic carbocycles. The van der Waals surface area contributed by atoms with Gasteiger partial charge in [-0.05, 0) is 30.3 Å². The van der Waals surface area contributed by atoms with Crippen LogP contribution in [0.4, 0.5) is 11.4 Å². The van der Waals surface area contributed by atoms with Crippen LogP contribution < -0.4 is 15.4 Å². The first-order valence-electron chi connectivity index (χ1n) is 8.23. The number of nitrogens with one attached hydrogen (secondary N) is 2. The smallest absolute Gasteiger partial charge is 0.265 e. The molecule has 0 radical (unpaired) electrons. The molecule has 136 valence electrons. The number of fused-ring (bicyclic) bond motifs is 3. The molecule has 4 rings (SSSR count). The molecule has 2 heterocycles. The molecule has 0 aliphatic rings. The molecule has 27 heavy (non-hydrogen) atoms. The molecule has 0 bridgehead atoms. The molecule has 5 nitrogen and oxygen atoms in total. The lowest BCUT2D eigenvalue weighted by atomic mass is 10.2. The third kappa shape index (κ3) is 3.39. The second-order valence-electron chi connectivity index (χ2n) is 5.95. The molecule has 2 aromatic heterocycles. The van der Waals surface area contributed by atoms with E-state index >= 15 is 0 Å². The predicted octanol–water partition coefficient (Wildman–Crippen LogP) is 5.34. The predicted molar refractivity (Wildman–Crippen MR) is 112 cm³/mol. The van der Waals surface area contributed by atoms with E-state index in [2.05, 4.69) is 22.8 Å². The number of carbonyl (C=O) groups excluding carboxylic acids is 2. The Balaban J connectivity index is 1.62. The van der Waals surface area contributed by atoms with Crippen molar-refractivity contribution >= 4 is 65.3 Å². The first-order valence-corrected chi connectivity index (χ1v) is 9.86. The molecule has 0 unspecified atom stereocenters. The van der Waals surface area contributed by atoms with Crippen molar-refractivity contribution in [3.05, 3.63) is 53.4 Å². The standard InChI is InChI=1S/C20H16N2O3S2/c1-11(23)21-14-9-12(7-8-15(14)25-2)22-20(24)18-10-17-19(27-18)13-5-3-4-6-16(13)26-17/h3-10H,1-2H3,(H,21,23)(H,22,24). The van der Waals surface area contributed by atoms with Crippen LogP contribution in [-0.2, 0) is 4.79 Å². The van der Waals surface area contributed by atoms with Crippen molar-refractivity contribution in [3.63, 3.8) is 0 Å². The molecule has 0 aliphatic heterocycles. The van der Waals surface area contributed by atoms with Crippen molar-refractivity contribution in [3.8, 4) is 5.75 Å². The number of amides is 2. The van der Waals surface area contributed by atoms with Crippen molar-refractivity contribution in [2.24, 2.45) is 0 Å². The van der Waals surface area contributed by atoms with Crippen LogP contribution in [0.1, 0.15) is 16.6 Å². The zero-order valence-electron chi connectivity index (χ0n) is 14.7. The summed E-state index contributed by atoms with van der Waals surface area (Å²) in [5.74, 6) is 0.153. The molecule has 7 heteroatoms. The normalized spacial score (nSPS) is 10.9. The SMILES string of the molecule is COc1ccc(NC(=O)c2cc3sc4ccccc4c3s2)cc1NC(C)=O. The van der Waals surface area contributed by atoms with Crippen LogP contribution in [0.25, 0.3) is 19.5 Å². The first kappa shape index (κ1) is 17.5. The average Bonchev–Trinajstić information content (AvgIpc) is 3.19. The number of methoxy groups -OCH3 is 1. The lowest BCUT2D eigenvalue weighted by molar-refractivity contribution is -0.114. The van der Waals surface area contributed by atoms with Gasteiger partial charge in [-0.1, -0.05) is 18.2 Å². The Kier molecular flexibility index (Phi) is 4.55. The van der Waals surface area contributed by atoms with Gasteiger partial charge in [0.2, 0.25) is 5.91 Å². The number of thiophene rings is 2. The Morgan fingerprint density at radius 1 is 0.963 bits per heavy atom. The van der Waals surface area contributed by atoms with Crippen molar-refractivity contribution in [1.29, 1.82) is 0 Å². The molecule has 0 fully saturated rings. The first-order chi connectivity index (χ1) is 13.0. The van der Waals surface area contributed by atoms with Gasteiger partial charge >= 0.3 is 0 Å². The number of hydrogen-bond acceptors (Lipinski definition) is 5. The molecular weight excluding hydrogens is 380 g/mol. The number of hydrogen-bond donors (Lipinski definition) is 2. The number of carbonyl (C=O) groups is 2. The highest BCUT2D eigenvalue weighted by Gasteiger charge is 2.15. The zero-order chi connectivity index (χ0) is 19.0. The minimum Gasteiger partial charge on any atom is -0.495 e. The lowest BCUT2D eigenvalue weighted by Crippen LogP contribution is -2.11. The summed E-state index contributed by atoms with van der Waals surface area (Å²) in [5, 5.41) is 6.78. The summed E-state index contributed by atoms with van der Waals surface area (Å²) in [6.45, 7) is 1.42. The van der Waals surface area contributed by atoms with Crippen LogP contribution in [0.15, 0.2) is 48.5 Å². The van der Waals surface area contributed by atoms with Gasteiger partial charge in [0.05, 0.1) is 22.4 Å². The van der Waals surface area contributed by atoms with Crippen LogP contribution >= 0.6 is 22.7 Å². The molecule has 0 saturated heterocycles. The summed E-state index contributed by atoms with van der Waals surface area (Å²) in [6.07, 6.45) is 0.